The van der Waals surface area contributed by atoms with Gasteiger partial charge in [0.2, 0.25) is 39.0 Å². The fourth-order valence-electron chi connectivity index (χ4n) is 8.48. The summed E-state index contributed by atoms with van der Waals surface area (Å²) in [5.41, 5.74) is -6.11. The van der Waals surface area contributed by atoms with E-state index in [9.17, 15) is 53.9 Å². The smallest absolute Gasteiger partial charge is 0.438 e. The van der Waals surface area contributed by atoms with E-state index < -0.39 is 129 Å². The van der Waals surface area contributed by atoms with Gasteiger partial charge in [0.05, 0.1) is 53.2 Å². The van der Waals surface area contributed by atoms with Crippen LogP contribution in [-0.4, -0.2) is 89.2 Å². The van der Waals surface area contributed by atoms with Crippen LogP contribution in [-0.2, 0) is 40.1 Å². The predicted octanol–water partition coefficient (Wildman–Crippen LogP) is 7.26. The zero-order valence-corrected chi connectivity index (χ0v) is 36.1. The molecule has 4 aliphatic rings. The summed E-state index contributed by atoms with van der Waals surface area (Å²) in [5, 5.41) is 0. The second kappa shape index (κ2) is 16.9. The molecule has 3 heterocycles. The fourth-order valence-corrected chi connectivity index (χ4v) is 9.81. The molecule has 6 rings (SSSR count). The molecule has 1 saturated heterocycles. The Labute approximate surface area is 355 Å². The highest BCUT2D eigenvalue weighted by atomic mass is 32.2. The Morgan fingerprint density at radius 2 is 1.73 bits per heavy atom. The molecule has 0 radical (unpaired) electrons. The first-order chi connectivity index (χ1) is 28.7. The number of ether oxygens (including phenoxy) is 3. The summed E-state index contributed by atoms with van der Waals surface area (Å²) in [6.45, 7) is 5.96. The van der Waals surface area contributed by atoms with E-state index in [4.69, 9.17) is 14.2 Å². The molecule has 62 heavy (non-hydrogen) atoms. The van der Waals surface area contributed by atoms with Gasteiger partial charge < -0.3 is 19.1 Å². The van der Waals surface area contributed by atoms with Crippen molar-refractivity contribution in [1.82, 2.24) is 19.6 Å². The quantitative estimate of drug-likeness (QED) is 0.145. The average Bonchev–Trinajstić information content (AvgIpc) is 4.06. The van der Waals surface area contributed by atoms with Crippen LogP contribution in [0.3, 0.4) is 0 Å². The van der Waals surface area contributed by atoms with Gasteiger partial charge >= 0.3 is 18.3 Å². The second-order valence-corrected chi connectivity index (χ2v) is 20.2. The molecule has 0 bridgehead atoms. The number of methoxy groups -OCH3 is 1. The third kappa shape index (κ3) is 9.68. The van der Waals surface area contributed by atoms with Crippen LogP contribution in [0.15, 0.2) is 30.4 Å². The zero-order chi connectivity index (χ0) is 45.8. The molecule has 2 aliphatic carbocycles. The largest absolute Gasteiger partial charge is 0.497 e. The molecule has 2 aromatic rings. The lowest BCUT2D eigenvalue weighted by Crippen LogP contribution is -2.49. The Hall–Kier alpha value is -4.49. The number of ketones is 1. The molecule has 1 aromatic heterocycles. The average molecular weight is 903 g/mol. The number of amides is 2. The Kier molecular flexibility index (Phi) is 12.8. The van der Waals surface area contributed by atoms with Crippen molar-refractivity contribution >= 4 is 44.6 Å². The summed E-state index contributed by atoms with van der Waals surface area (Å²) in [5.74, 6) is -7.12. The fraction of sp³-hybridized carbons (Fsp3) is 0.667. The van der Waals surface area contributed by atoms with Crippen LogP contribution in [0.25, 0.3) is 11.0 Å². The van der Waals surface area contributed by atoms with Crippen molar-refractivity contribution in [3.05, 3.63) is 36.0 Å². The van der Waals surface area contributed by atoms with Gasteiger partial charge in [-0.25, -0.2) is 18.4 Å². The minimum atomic E-state index is -5.07. The molecular formula is C42H52F6N4O9S. The van der Waals surface area contributed by atoms with E-state index in [1.807, 2.05) is 13.0 Å². The van der Waals surface area contributed by atoms with Crippen LogP contribution >= 0.6 is 0 Å². The number of halogens is 6. The maximum absolute atomic E-state index is 15.0. The molecule has 2 aliphatic heterocycles. The number of Topliss-reactive ketones (excluding diaryl/α,β-unsaturated/α-hetero) is 1. The van der Waals surface area contributed by atoms with Gasteiger partial charge in [0, 0.05) is 18.9 Å². The SMILES string of the molecule is CC[C@@H]1C[C@H](C)CC/C=C\[C@@H]2C[C@@]2(C(=O)NS(=O)(=O)C2(C)CC2)CC(=O)[C@@H]2C[C@@H](Oc3nc4cc(OC)ccc4nc3C(F)(F)F)CN2C(=O)[C@H]1CC(=O)OC(C)(C)C(F)(F)F. The highest BCUT2D eigenvalue weighted by Crippen LogP contribution is 2.58. The third-order valence-electron chi connectivity index (χ3n) is 13.0. The van der Waals surface area contributed by atoms with Crippen LogP contribution < -0.4 is 14.2 Å². The first kappa shape index (κ1) is 47.0. The molecule has 0 spiro atoms. The van der Waals surface area contributed by atoms with Crippen molar-refractivity contribution in [2.45, 2.75) is 134 Å². The van der Waals surface area contributed by atoms with E-state index >= 15 is 0 Å². The van der Waals surface area contributed by atoms with Crippen LogP contribution in [0.1, 0.15) is 105 Å². The number of nitrogens with one attached hydrogen (secondary N) is 1. The van der Waals surface area contributed by atoms with E-state index in [1.165, 1.54) is 32.2 Å². The summed E-state index contributed by atoms with van der Waals surface area (Å²) in [6.07, 6.45) is -7.13. The molecule has 3 fully saturated rings. The number of aromatic nitrogens is 2. The maximum Gasteiger partial charge on any atom is 0.438 e. The summed E-state index contributed by atoms with van der Waals surface area (Å²) in [6, 6.07) is 2.53. The van der Waals surface area contributed by atoms with Gasteiger partial charge in [-0.2, -0.15) is 26.3 Å². The number of allylic oxidation sites excluding steroid dienone is 2. The number of hydrogen-bond donors (Lipinski definition) is 1. The van der Waals surface area contributed by atoms with Gasteiger partial charge in [-0.05, 0) is 89.2 Å². The van der Waals surface area contributed by atoms with E-state index in [0.29, 0.717) is 46.0 Å². The third-order valence-corrected chi connectivity index (χ3v) is 15.1. The van der Waals surface area contributed by atoms with Crippen molar-refractivity contribution in [2.75, 3.05) is 13.7 Å². The lowest BCUT2D eigenvalue weighted by Gasteiger charge is -2.34. The zero-order valence-electron chi connectivity index (χ0n) is 35.3. The highest BCUT2D eigenvalue weighted by Gasteiger charge is 2.63. The predicted molar refractivity (Wildman–Crippen MR) is 211 cm³/mol. The molecule has 13 nitrogen and oxygen atoms in total. The van der Waals surface area contributed by atoms with Crippen molar-refractivity contribution in [1.29, 1.82) is 0 Å². The number of carbonyl (C=O) groups is 4. The number of carbonyl (C=O) groups excluding carboxylic acids is 4. The number of esters is 1. The van der Waals surface area contributed by atoms with Crippen molar-refractivity contribution in [3.8, 4) is 11.6 Å². The minimum absolute atomic E-state index is 0.0246. The van der Waals surface area contributed by atoms with Gasteiger partial charge in [-0.1, -0.05) is 32.4 Å². The Balaban J connectivity index is 1.40. The Morgan fingerprint density at radius 3 is 2.34 bits per heavy atom. The van der Waals surface area contributed by atoms with Gasteiger partial charge in [0.15, 0.2) is 5.78 Å². The molecule has 2 amide bonds. The van der Waals surface area contributed by atoms with Crippen molar-refractivity contribution < 1.29 is 68.1 Å². The van der Waals surface area contributed by atoms with Gasteiger partial charge in [-0.3, -0.25) is 23.9 Å². The minimum Gasteiger partial charge on any atom is -0.497 e. The van der Waals surface area contributed by atoms with Gasteiger partial charge in [0.25, 0.3) is 0 Å². The van der Waals surface area contributed by atoms with Crippen LogP contribution in [0.4, 0.5) is 26.3 Å². The summed E-state index contributed by atoms with van der Waals surface area (Å²) >= 11 is 0. The number of hydrogen-bond acceptors (Lipinski definition) is 11. The second-order valence-electron chi connectivity index (χ2n) is 18.0. The first-order valence-corrected chi connectivity index (χ1v) is 22.2. The lowest BCUT2D eigenvalue weighted by atomic mass is 9.79. The van der Waals surface area contributed by atoms with E-state index in [1.54, 1.807) is 13.0 Å². The van der Waals surface area contributed by atoms with Crippen LogP contribution in [0.5, 0.6) is 11.6 Å². The molecular weight excluding hydrogens is 851 g/mol. The van der Waals surface area contributed by atoms with Crippen molar-refractivity contribution in [2.24, 2.45) is 29.1 Å². The number of benzene rings is 1. The Bertz CT molecular complexity index is 2230. The highest BCUT2D eigenvalue weighted by molar-refractivity contribution is 7.91. The van der Waals surface area contributed by atoms with Crippen LogP contribution in [0, 0.1) is 29.1 Å². The van der Waals surface area contributed by atoms with Crippen molar-refractivity contribution in [3.63, 3.8) is 0 Å². The molecule has 1 N–H and O–H groups in total. The van der Waals surface area contributed by atoms with Gasteiger partial charge in [0.1, 0.15) is 11.9 Å². The molecule has 20 heteroatoms. The summed E-state index contributed by atoms with van der Waals surface area (Å²) < 4.78 is 128. The molecule has 2 saturated carbocycles. The lowest BCUT2D eigenvalue weighted by molar-refractivity contribution is -0.257. The molecule has 7 atom stereocenters. The number of rotatable bonds is 10. The number of alkyl halides is 6. The topological polar surface area (TPSA) is 171 Å². The molecule has 1 aromatic carbocycles. The number of sulfonamides is 1. The maximum atomic E-state index is 15.0. The normalized spacial score (nSPS) is 28.8. The molecule has 0 unspecified atom stereocenters. The monoisotopic (exact) mass is 902 g/mol. The number of nitrogens with zero attached hydrogens (tertiary/aromatic N) is 3. The van der Waals surface area contributed by atoms with E-state index in [0.717, 1.165) is 4.90 Å². The first-order valence-electron chi connectivity index (χ1n) is 20.7. The van der Waals surface area contributed by atoms with E-state index in [-0.39, 0.29) is 35.5 Å². The summed E-state index contributed by atoms with van der Waals surface area (Å²) in [7, 11) is -2.80. The van der Waals surface area contributed by atoms with Gasteiger partial charge in [-0.15, -0.1) is 0 Å². The molecule has 342 valence electrons. The number of fused-ring (bicyclic) bond motifs is 3. The van der Waals surface area contributed by atoms with E-state index in [2.05, 4.69) is 14.7 Å². The summed E-state index contributed by atoms with van der Waals surface area (Å²) in [4.78, 5) is 65.9. The standard InChI is InChI=1S/C42H52F6N4O9S/c1-7-24-16-23(2)10-8-9-11-25-20-40(25,37(56)51-62(57,58)39(5)14-15-39)21-32(53)31-18-27(22-52(31)36(55)28(24)19-33(54)61-38(3,4)42(46,47)48)60-35-34(41(43,44)45)49-29-13-12-26(59-6)17-30(29)50-35/h9,11-13,17,23-25,27-28,31H,7-8,10,14-16,18-22H2,1-6H3,(H,51,56)/b11-9-/t23-,24-,25-,27-,28+,31+,40-/m1/s1. The Morgan fingerprint density at radius 1 is 1.03 bits per heavy atom. The van der Waals surface area contributed by atoms with Crippen LogP contribution in [0.2, 0.25) is 0 Å².